The molecule has 0 atom stereocenters. The second-order valence-corrected chi connectivity index (χ2v) is 8.24. The molecule has 138 valence electrons. The molecule has 0 spiro atoms. The third kappa shape index (κ3) is 4.13. The van der Waals surface area contributed by atoms with Crippen molar-refractivity contribution in [3.63, 3.8) is 0 Å². The molecule has 0 heterocycles. The number of anilines is 1. The highest BCUT2D eigenvalue weighted by Crippen LogP contribution is 2.28. The summed E-state index contributed by atoms with van der Waals surface area (Å²) in [5.74, 6) is -0.659. The fraction of sp³-hybridized carbons (Fsp3) is 0.133. The molecule has 2 aromatic rings. The van der Waals surface area contributed by atoms with Gasteiger partial charge >= 0.3 is 0 Å². The maximum absolute atomic E-state index is 12.4. The zero-order chi connectivity index (χ0) is 19.6. The zero-order valence-electron chi connectivity index (χ0n) is 13.6. The number of amides is 1. The Hall–Kier alpha value is -2.20. The van der Waals surface area contributed by atoms with Gasteiger partial charge < -0.3 is 5.32 Å². The van der Waals surface area contributed by atoms with Crippen LogP contribution in [0.4, 0.5) is 11.4 Å². The normalized spacial score (nSPS) is 11.4. The average Bonchev–Trinajstić information content (AvgIpc) is 2.56. The monoisotopic (exact) mass is 417 g/mol. The van der Waals surface area contributed by atoms with Crippen LogP contribution in [-0.4, -0.2) is 37.6 Å². The Balaban J connectivity index is 2.37. The van der Waals surface area contributed by atoms with Gasteiger partial charge in [0.05, 0.1) is 9.95 Å². The maximum atomic E-state index is 12.4. The van der Waals surface area contributed by atoms with Gasteiger partial charge in [-0.3, -0.25) is 14.9 Å². The molecule has 1 amide bonds. The summed E-state index contributed by atoms with van der Waals surface area (Å²) < 4.78 is 25.5. The Labute approximate surface area is 159 Å². The van der Waals surface area contributed by atoms with E-state index in [1.807, 2.05) is 0 Å². The van der Waals surface area contributed by atoms with Crippen LogP contribution in [0.3, 0.4) is 0 Å². The highest BCUT2D eigenvalue weighted by molar-refractivity contribution is 7.89. The number of sulfonamides is 1. The first kappa shape index (κ1) is 20.1. The fourth-order valence-electron chi connectivity index (χ4n) is 1.97. The molecule has 0 unspecified atom stereocenters. The van der Waals surface area contributed by atoms with Crippen LogP contribution in [0.2, 0.25) is 10.0 Å². The first-order valence-electron chi connectivity index (χ1n) is 7.01. The molecule has 0 saturated heterocycles. The summed E-state index contributed by atoms with van der Waals surface area (Å²) in [6.45, 7) is 0. The van der Waals surface area contributed by atoms with Crippen LogP contribution in [-0.2, 0) is 10.0 Å². The van der Waals surface area contributed by atoms with Gasteiger partial charge in [0, 0.05) is 31.4 Å². The highest BCUT2D eigenvalue weighted by atomic mass is 35.5. The molecule has 0 fully saturated rings. The number of halogens is 2. The number of carbonyl (C=O) groups is 1. The van der Waals surface area contributed by atoms with E-state index in [2.05, 4.69) is 5.32 Å². The summed E-state index contributed by atoms with van der Waals surface area (Å²) in [5, 5.41) is 13.3. The van der Waals surface area contributed by atoms with Crippen LogP contribution < -0.4 is 5.32 Å². The molecule has 0 aliphatic carbocycles. The van der Waals surface area contributed by atoms with Crippen molar-refractivity contribution in [2.24, 2.45) is 0 Å². The SMILES string of the molecule is CN(C)S(=O)(=O)c1cc(C(=O)Nc2ccc(Cl)c([N+](=O)[O-])c2)ccc1Cl. The number of rotatable bonds is 5. The highest BCUT2D eigenvalue weighted by Gasteiger charge is 2.23. The van der Waals surface area contributed by atoms with E-state index in [1.165, 1.54) is 38.4 Å². The Morgan fingerprint density at radius 1 is 1.12 bits per heavy atom. The van der Waals surface area contributed by atoms with Crippen molar-refractivity contribution in [2.45, 2.75) is 4.90 Å². The van der Waals surface area contributed by atoms with Gasteiger partial charge in [0.15, 0.2) is 0 Å². The Morgan fingerprint density at radius 3 is 2.31 bits per heavy atom. The molecular weight excluding hydrogens is 405 g/mol. The van der Waals surface area contributed by atoms with Crippen molar-refractivity contribution in [3.05, 3.63) is 62.1 Å². The fourth-order valence-corrected chi connectivity index (χ4v) is 3.55. The van der Waals surface area contributed by atoms with E-state index in [0.29, 0.717) is 0 Å². The average molecular weight is 418 g/mol. The molecule has 0 aromatic heterocycles. The molecule has 0 bridgehead atoms. The van der Waals surface area contributed by atoms with Gasteiger partial charge in [-0.15, -0.1) is 0 Å². The van der Waals surface area contributed by atoms with Crippen LogP contribution in [0.5, 0.6) is 0 Å². The Morgan fingerprint density at radius 2 is 1.73 bits per heavy atom. The van der Waals surface area contributed by atoms with Crippen molar-refractivity contribution in [3.8, 4) is 0 Å². The molecule has 0 radical (unpaired) electrons. The molecule has 0 aliphatic heterocycles. The van der Waals surface area contributed by atoms with E-state index in [-0.39, 0.29) is 31.9 Å². The van der Waals surface area contributed by atoms with E-state index in [4.69, 9.17) is 23.2 Å². The van der Waals surface area contributed by atoms with E-state index in [9.17, 15) is 23.3 Å². The molecule has 8 nitrogen and oxygen atoms in total. The molecule has 26 heavy (non-hydrogen) atoms. The molecule has 2 rings (SSSR count). The van der Waals surface area contributed by atoms with Crippen LogP contribution in [0.15, 0.2) is 41.3 Å². The van der Waals surface area contributed by atoms with Gasteiger partial charge in [-0.1, -0.05) is 23.2 Å². The summed E-state index contributed by atoms with van der Waals surface area (Å²) in [6, 6.07) is 7.54. The maximum Gasteiger partial charge on any atom is 0.289 e. The third-order valence-electron chi connectivity index (χ3n) is 3.35. The number of nitro benzene ring substituents is 1. The molecule has 0 saturated carbocycles. The van der Waals surface area contributed by atoms with Crippen LogP contribution in [0.1, 0.15) is 10.4 Å². The summed E-state index contributed by atoms with van der Waals surface area (Å²) in [7, 11) is -1.17. The summed E-state index contributed by atoms with van der Waals surface area (Å²) in [6.07, 6.45) is 0. The van der Waals surface area contributed by atoms with Gasteiger partial charge in [-0.25, -0.2) is 12.7 Å². The van der Waals surface area contributed by atoms with Gasteiger partial charge in [0.2, 0.25) is 10.0 Å². The van der Waals surface area contributed by atoms with E-state index in [1.54, 1.807) is 0 Å². The van der Waals surface area contributed by atoms with Gasteiger partial charge in [0.1, 0.15) is 9.92 Å². The van der Waals surface area contributed by atoms with E-state index < -0.39 is 20.9 Å². The summed E-state index contributed by atoms with van der Waals surface area (Å²) in [5.41, 5.74) is -0.207. The lowest BCUT2D eigenvalue weighted by atomic mass is 10.2. The molecule has 0 aliphatic rings. The van der Waals surface area contributed by atoms with E-state index >= 15 is 0 Å². The number of nitro groups is 1. The number of nitrogens with one attached hydrogen (secondary N) is 1. The number of hydrogen-bond donors (Lipinski definition) is 1. The lowest BCUT2D eigenvalue weighted by molar-refractivity contribution is -0.384. The number of hydrogen-bond acceptors (Lipinski definition) is 5. The standard InChI is InChI=1S/C15H13Cl2N3O5S/c1-19(2)26(24,25)14-7-9(3-5-12(14)17)15(21)18-10-4-6-11(16)13(8-10)20(22)23/h3-8H,1-2H3,(H,18,21). The number of carbonyl (C=O) groups excluding carboxylic acids is 1. The molecular formula is C15H13Cl2N3O5S. The van der Waals surface area contributed by atoms with Gasteiger partial charge in [-0.05, 0) is 30.3 Å². The zero-order valence-corrected chi connectivity index (χ0v) is 15.9. The second-order valence-electron chi connectivity index (χ2n) is 5.31. The first-order chi connectivity index (χ1) is 12.0. The lowest BCUT2D eigenvalue weighted by Crippen LogP contribution is -2.23. The minimum Gasteiger partial charge on any atom is -0.322 e. The third-order valence-corrected chi connectivity index (χ3v) is 5.97. The Bertz CT molecular complexity index is 993. The predicted molar refractivity (Wildman–Crippen MR) is 98.4 cm³/mol. The molecule has 1 N–H and O–H groups in total. The summed E-state index contributed by atoms with van der Waals surface area (Å²) >= 11 is 11.7. The quantitative estimate of drug-likeness (QED) is 0.591. The van der Waals surface area contributed by atoms with Crippen molar-refractivity contribution >= 4 is 50.5 Å². The van der Waals surface area contributed by atoms with Crippen molar-refractivity contribution in [1.29, 1.82) is 0 Å². The van der Waals surface area contributed by atoms with Crippen molar-refractivity contribution in [2.75, 3.05) is 19.4 Å². The Kier molecular flexibility index (Phi) is 5.87. The number of benzene rings is 2. The van der Waals surface area contributed by atoms with E-state index in [0.717, 1.165) is 16.4 Å². The molecule has 2 aromatic carbocycles. The number of nitrogens with zero attached hydrogens (tertiary/aromatic N) is 2. The minimum absolute atomic E-state index is 0.0208. The van der Waals surface area contributed by atoms with Gasteiger partial charge in [-0.2, -0.15) is 0 Å². The largest absolute Gasteiger partial charge is 0.322 e. The molecule has 11 heteroatoms. The van der Waals surface area contributed by atoms with Gasteiger partial charge in [0.25, 0.3) is 11.6 Å². The smallest absolute Gasteiger partial charge is 0.289 e. The van der Waals surface area contributed by atoms with Crippen LogP contribution in [0, 0.1) is 10.1 Å². The second kappa shape index (κ2) is 7.58. The van der Waals surface area contributed by atoms with Crippen LogP contribution >= 0.6 is 23.2 Å². The van der Waals surface area contributed by atoms with Crippen molar-refractivity contribution < 1.29 is 18.1 Å². The minimum atomic E-state index is -3.85. The lowest BCUT2D eigenvalue weighted by Gasteiger charge is -2.14. The summed E-state index contributed by atoms with van der Waals surface area (Å²) in [4.78, 5) is 22.4. The predicted octanol–water partition coefficient (Wildman–Crippen LogP) is 3.40. The van der Waals surface area contributed by atoms with Crippen molar-refractivity contribution in [1.82, 2.24) is 4.31 Å². The first-order valence-corrected chi connectivity index (χ1v) is 9.21. The van der Waals surface area contributed by atoms with Crippen LogP contribution in [0.25, 0.3) is 0 Å². The topological polar surface area (TPSA) is 110 Å².